The minimum absolute atomic E-state index is 0.104. The van der Waals surface area contributed by atoms with Crippen LogP contribution in [0.1, 0.15) is 21.6 Å². The Bertz CT molecular complexity index is 734. The molecule has 2 aromatic rings. The highest BCUT2D eigenvalue weighted by atomic mass is 16.5. The molecule has 0 radical (unpaired) electrons. The average Bonchev–Trinajstić information content (AvgIpc) is 2.85. The van der Waals surface area contributed by atoms with Crippen LogP contribution in [0.2, 0.25) is 0 Å². The number of H-pyrrole nitrogens is 1. The SMILES string of the molecule is Cc1cc(=O)c(C(=O)Nc2ccc3c(c2)CCO3)c[nH]1. The van der Waals surface area contributed by atoms with Crippen molar-refractivity contribution < 1.29 is 9.53 Å². The number of hydrogen-bond acceptors (Lipinski definition) is 3. The zero-order valence-corrected chi connectivity index (χ0v) is 11.0. The Balaban J connectivity index is 1.84. The third-order valence-corrected chi connectivity index (χ3v) is 3.25. The fourth-order valence-electron chi connectivity index (χ4n) is 2.21. The highest BCUT2D eigenvalue weighted by molar-refractivity contribution is 6.04. The number of rotatable bonds is 2. The number of anilines is 1. The fraction of sp³-hybridized carbons (Fsp3) is 0.200. The molecule has 5 nitrogen and oxygen atoms in total. The Morgan fingerprint density at radius 1 is 1.35 bits per heavy atom. The summed E-state index contributed by atoms with van der Waals surface area (Å²) in [7, 11) is 0. The summed E-state index contributed by atoms with van der Waals surface area (Å²) in [6, 6.07) is 6.88. The van der Waals surface area contributed by atoms with Crippen LogP contribution in [0.5, 0.6) is 5.75 Å². The van der Waals surface area contributed by atoms with Crippen molar-refractivity contribution in [3.63, 3.8) is 0 Å². The van der Waals surface area contributed by atoms with Crippen molar-refractivity contribution in [1.29, 1.82) is 0 Å². The number of pyridine rings is 1. The molecule has 0 atom stereocenters. The summed E-state index contributed by atoms with van der Waals surface area (Å²) in [4.78, 5) is 26.7. The van der Waals surface area contributed by atoms with E-state index < -0.39 is 5.91 Å². The summed E-state index contributed by atoms with van der Waals surface area (Å²) < 4.78 is 5.41. The molecular formula is C15H14N2O3. The van der Waals surface area contributed by atoms with E-state index in [0.29, 0.717) is 12.3 Å². The molecule has 20 heavy (non-hydrogen) atoms. The van der Waals surface area contributed by atoms with E-state index in [-0.39, 0.29) is 11.0 Å². The number of aromatic amines is 1. The Morgan fingerprint density at radius 3 is 3.00 bits per heavy atom. The number of aromatic nitrogens is 1. The van der Waals surface area contributed by atoms with Crippen molar-refractivity contribution in [2.75, 3.05) is 11.9 Å². The largest absolute Gasteiger partial charge is 0.493 e. The van der Waals surface area contributed by atoms with E-state index in [1.165, 1.54) is 12.3 Å². The van der Waals surface area contributed by atoms with Gasteiger partial charge in [0.15, 0.2) is 5.43 Å². The van der Waals surface area contributed by atoms with Gasteiger partial charge in [0.2, 0.25) is 0 Å². The maximum Gasteiger partial charge on any atom is 0.261 e. The van der Waals surface area contributed by atoms with E-state index in [1.807, 2.05) is 12.1 Å². The summed E-state index contributed by atoms with van der Waals surface area (Å²) in [5.41, 5.74) is 2.27. The molecule has 1 aromatic carbocycles. The van der Waals surface area contributed by atoms with E-state index in [1.54, 1.807) is 13.0 Å². The van der Waals surface area contributed by atoms with E-state index in [4.69, 9.17) is 4.74 Å². The van der Waals surface area contributed by atoms with Crippen LogP contribution in [-0.4, -0.2) is 17.5 Å². The molecule has 102 valence electrons. The van der Waals surface area contributed by atoms with Crippen LogP contribution in [0.15, 0.2) is 35.3 Å². The average molecular weight is 270 g/mol. The number of nitrogens with one attached hydrogen (secondary N) is 2. The van der Waals surface area contributed by atoms with E-state index in [9.17, 15) is 9.59 Å². The molecule has 2 heterocycles. The maximum absolute atomic E-state index is 12.1. The molecule has 0 bridgehead atoms. The first-order valence-electron chi connectivity index (χ1n) is 6.40. The van der Waals surface area contributed by atoms with Gasteiger partial charge in [-0.2, -0.15) is 0 Å². The second-order valence-corrected chi connectivity index (χ2v) is 4.77. The van der Waals surface area contributed by atoms with Crippen molar-refractivity contribution >= 4 is 11.6 Å². The molecule has 1 aromatic heterocycles. The van der Waals surface area contributed by atoms with Gasteiger partial charge in [-0.25, -0.2) is 0 Å². The first kappa shape index (κ1) is 12.5. The van der Waals surface area contributed by atoms with E-state index in [0.717, 1.165) is 23.4 Å². The van der Waals surface area contributed by atoms with Crippen LogP contribution < -0.4 is 15.5 Å². The number of carbonyl (C=O) groups is 1. The Hall–Kier alpha value is -2.56. The molecule has 0 spiro atoms. The first-order valence-corrected chi connectivity index (χ1v) is 6.40. The summed E-state index contributed by atoms with van der Waals surface area (Å²) in [6.45, 7) is 2.44. The quantitative estimate of drug-likeness (QED) is 0.875. The normalized spacial score (nSPS) is 12.7. The van der Waals surface area contributed by atoms with Crippen molar-refractivity contribution in [2.45, 2.75) is 13.3 Å². The standard InChI is InChI=1S/C15H14N2O3/c1-9-6-13(18)12(8-16-9)15(19)17-11-2-3-14-10(7-11)4-5-20-14/h2-3,6-8H,4-5H2,1H3,(H,16,18)(H,17,19). The molecule has 2 N–H and O–H groups in total. The van der Waals surface area contributed by atoms with Gasteiger partial charge in [0.1, 0.15) is 11.3 Å². The summed E-state index contributed by atoms with van der Waals surface area (Å²) >= 11 is 0. The zero-order chi connectivity index (χ0) is 14.1. The number of fused-ring (bicyclic) bond motifs is 1. The lowest BCUT2D eigenvalue weighted by Gasteiger charge is -2.06. The second-order valence-electron chi connectivity index (χ2n) is 4.77. The lowest BCUT2D eigenvalue weighted by molar-refractivity contribution is 0.102. The summed E-state index contributed by atoms with van der Waals surface area (Å²) in [5, 5.41) is 2.73. The fourth-order valence-corrected chi connectivity index (χ4v) is 2.21. The number of benzene rings is 1. The topological polar surface area (TPSA) is 71.2 Å². The van der Waals surface area contributed by atoms with Crippen molar-refractivity contribution in [1.82, 2.24) is 4.98 Å². The van der Waals surface area contributed by atoms with Crippen LogP contribution in [0.25, 0.3) is 0 Å². The predicted octanol–water partition coefficient (Wildman–Crippen LogP) is 1.87. The maximum atomic E-state index is 12.1. The molecule has 5 heteroatoms. The number of ether oxygens (including phenoxy) is 1. The Kier molecular flexibility index (Phi) is 3.02. The second kappa shape index (κ2) is 4.85. The smallest absolute Gasteiger partial charge is 0.261 e. The first-order chi connectivity index (χ1) is 9.63. The van der Waals surface area contributed by atoms with Gasteiger partial charge < -0.3 is 15.0 Å². The summed E-state index contributed by atoms with van der Waals surface area (Å²) in [6.07, 6.45) is 2.27. The third-order valence-electron chi connectivity index (χ3n) is 3.25. The third kappa shape index (κ3) is 2.30. The van der Waals surface area contributed by atoms with Crippen molar-refractivity contribution in [3.05, 3.63) is 57.5 Å². The van der Waals surface area contributed by atoms with Gasteiger partial charge in [0, 0.05) is 30.1 Å². The lowest BCUT2D eigenvalue weighted by Crippen LogP contribution is -2.21. The van der Waals surface area contributed by atoms with Crippen LogP contribution >= 0.6 is 0 Å². The number of aryl methyl sites for hydroxylation is 1. The molecule has 0 fully saturated rings. The number of carbonyl (C=O) groups excluding carboxylic acids is 1. The van der Waals surface area contributed by atoms with Crippen LogP contribution in [0.4, 0.5) is 5.69 Å². The minimum Gasteiger partial charge on any atom is -0.493 e. The van der Waals surface area contributed by atoms with E-state index in [2.05, 4.69) is 10.3 Å². The molecule has 3 rings (SSSR count). The molecule has 1 aliphatic rings. The molecule has 1 amide bonds. The van der Waals surface area contributed by atoms with Gasteiger partial charge >= 0.3 is 0 Å². The number of amides is 1. The molecular weight excluding hydrogens is 256 g/mol. The molecule has 0 aliphatic carbocycles. The molecule has 1 aliphatic heterocycles. The van der Waals surface area contributed by atoms with Gasteiger partial charge in [0.25, 0.3) is 5.91 Å². The van der Waals surface area contributed by atoms with Crippen LogP contribution in [0, 0.1) is 6.92 Å². The van der Waals surface area contributed by atoms with Gasteiger partial charge in [-0.05, 0) is 30.7 Å². The van der Waals surface area contributed by atoms with Gasteiger partial charge in [0.05, 0.1) is 6.61 Å². The predicted molar refractivity (Wildman–Crippen MR) is 75.4 cm³/mol. The Labute approximate surface area is 115 Å². The van der Waals surface area contributed by atoms with E-state index >= 15 is 0 Å². The zero-order valence-electron chi connectivity index (χ0n) is 11.0. The van der Waals surface area contributed by atoms with Crippen molar-refractivity contribution in [3.8, 4) is 5.75 Å². The molecule has 0 saturated heterocycles. The van der Waals surface area contributed by atoms with Gasteiger partial charge in [-0.1, -0.05) is 0 Å². The van der Waals surface area contributed by atoms with Crippen LogP contribution in [0.3, 0.4) is 0 Å². The number of hydrogen-bond donors (Lipinski definition) is 2. The highest BCUT2D eigenvalue weighted by Gasteiger charge is 2.14. The van der Waals surface area contributed by atoms with Crippen LogP contribution in [-0.2, 0) is 6.42 Å². The monoisotopic (exact) mass is 270 g/mol. The Morgan fingerprint density at radius 2 is 2.20 bits per heavy atom. The lowest BCUT2D eigenvalue weighted by atomic mass is 10.1. The minimum atomic E-state index is -0.412. The molecule has 0 unspecified atom stereocenters. The van der Waals surface area contributed by atoms with Crippen molar-refractivity contribution in [2.24, 2.45) is 0 Å². The van der Waals surface area contributed by atoms with Gasteiger partial charge in [-0.15, -0.1) is 0 Å². The summed E-state index contributed by atoms with van der Waals surface area (Å²) in [5.74, 6) is 0.446. The highest BCUT2D eigenvalue weighted by Crippen LogP contribution is 2.27. The molecule has 0 saturated carbocycles. The van der Waals surface area contributed by atoms with Gasteiger partial charge in [-0.3, -0.25) is 9.59 Å².